The van der Waals surface area contributed by atoms with Gasteiger partial charge in [0, 0.05) is 11.6 Å². The van der Waals surface area contributed by atoms with Crippen molar-refractivity contribution in [1.82, 2.24) is 5.32 Å². The van der Waals surface area contributed by atoms with Gasteiger partial charge in [0.25, 0.3) is 0 Å². The van der Waals surface area contributed by atoms with Crippen LogP contribution in [-0.4, -0.2) is 30.8 Å². The Morgan fingerprint density at radius 3 is 2.93 bits per heavy atom. The van der Waals surface area contributed by atoms with Crippen molar-refractivity contribution < 1.29 is 14.6 Å². The molecule has 1 aliphatic carbocycles. The molecule has 1 aliphatic rings. The summed E-state index contributed by atoms with van der Waals surface area (Å²) in [5, 5.41) is 14.3. The largest absolute Gasteiger partial charge is 0.462 e. The highest BCUT2D eigenvalue weighted by Gasteiger charge is 2.20. The molecule has 2 unspecified atom stereocenters. The molecular weight excluding hydrogens is 362 g/mol. The summed E-state index contributed by atoms with van der Waals surface area (Å²) in [7, 11) is 0. The average molecular weight is 388 g/mol. The number of fused-ring (bicyclic) bond motifs is 1. The predicted molar refractivity (Wildman–Crippen MR) is 107 cm³/mol. The van der Waals surface area contributed by atoms with Crippen molar-refractivity contribution in [3.63, 3.8) is 0 Å². The number of aryl methyl sites for hydroxylation is 1. The number of halogens is 1. The van der Waals surface area contributed by atoms with Crippen LogP contribution in [0.25, 0.3) is 0 Å². The number of rotatable bonds is 7. The van der Waals surface area contributed by atoms with Crippen LogP contribution in [0.15, 0.2) is 42.5 Å². The predicted octanol–water partition coefficient (Wildman–Crippen LogP) is 3.94. The van der Waals surface area contributed by atoms with E-state index in [2.05, 4.69) is 11.4 Å². The number of carbonyl (C=O) groups is 1. The normalized spacial score (nSPS) is 17.2. The topological polar surface area (TPSA) is 58.6 Å². The molecule has 5 heteroatoms. The molecule has 0 saturated carbocycles. The highest BCUT2D eigenvalue weighted by Crippen LogP contribution is 2.26. The highest BCUT2D eigenvalue weighted by atomic mass is 35.5. The summed E-state index contributed by atoms with van der Waals surface area (Å²) in [4.78, 5) is 11.9. The Hall–Kier alpha value is -1.88. The quantitative estimate of drug-likeness (QED) is 0.706. The van der Waals surface area contributed by atoms with Gasteiger partial charge < -0.3 is 15.2 Å². The number of hydrogen-bond acceptors (Lipinski definition) is 4. The summed E-state index contributed by atoms with van der Waals surface area (Å²) < 4.78 is 5.08. The van der Waals surface area contributed by atoms with Gasteiger partial charge in [-0.3, -0.25) is 0 Å². The molecule has 0 spiro atoms. The van der Waals surface area contributed by atoms with Crippen LogP contribution >= 0.6 is 11.6 Å². The molecule has 0 radical (unpaired) electrons. The van der Waals surface area contributed by atoms with Crippen LogP contribution < -0.4 is 5.32 Å². The summed E-state index contributed by atoms with van der Waals surface area (Å²) in [6.45, 7) is 3.57. The first-order chi connectivity index (χ1) is 13.1. The van der Waals surface area contributed by atoms with Crippen LogP contribution in [0.5, 0.6) is 0 Å². The Balaban J connectivity index is 1.50. The molecule has 0 amide bonds. The van der Waals surface area contributed by atoms with E-state index < -0.39 is 6.10 Å². The SMILES string of the molecule is CCOC(=O)c1ccc2c(c1)CCC(CNCC(O)c1cccc(Cl)c1)C2. The fraction of sp³-hybridized carbons (Fsp3) is 0.409. The van der Waals surface area contributed by atoms with E-state index in [9.17, 15) is 9.90 Å². The Morgan fingerprint density at radius 2 is 2.15 bits per heavy atom. The van der Waals surface area contributed by atoms with E-state index in [-0.39, 0.29) is 5.97 Å². The van der Waals surface area contributed by atoms with Crippen LogP contribution in [-0.2, 0) is 17.6 Å². The van der Waals surface area contributed by atoms with E-state index in [0.717, 1.165) is 31.4 Å². The average Bonchev–Trinajstić information content (AvgIpc) is 2.67. The zero-order valence-corrected chi connectivity index (χ0v) is 16.3. The molecular formula is C22H26ClNO3. The van der Waals surface area contributed by atoms with Crippen molar-refractivity contribution in [1.29, 1.82) is 0 Å². The van der Waals surface area contributed by atoms with Crippen LogP contribution in [0.4, 0.5) is 0 Å². The lowest BCUT2D eigenvalue weighted by atomic mass is 9.83. The summed E-state index contributed by atoms with van der Waals surface area (Å²) in [5.41, 5.74) is 4.01. The number of carbonyl (C=O) groups excluding carboxylic acids is 1. The van der Waals surface area contributed by atoms with Gasteiger partial charge in [0.15, 0.2) is 0 Å². The molecule has 0 aromatic heterocycles. The third-order valence-corrected chi connectivity index (χ3v) is 5.29. The number of benzene rings is 2. The lowest BCUT2D eigenvalue weighted by Crippen LogP contribution is -2.30. The maximum atomic E-state index is 11.9. The highest BCUT2D eigenvalue weighted by molar-refractivity contribution is 6.30. The fourth-order valence-corrected chi connectivity index (χ4v) is 3.80. The first kappa shape index (κ1) is 19.9. The minimum absolute atomic E-state index is 0.251. The van der Waals surface area contributed by atoms with Crippen LogP contribution in [0, 0.1) is 5.92 Å². The molecule has 0 fully saturated rings. The molecule has 27 heavy (non-hydrogen) atoms. The van der Waals surface area contributed by atoms with Crippen molar-refractivity contribution in [3.8, 4) is 0 Å². The zero-order valence-electron chi connectivity index (χ0n) is 15.6. The maximum absolute atomic E-state index is 11.9. The number of nitrogens with one attached hydrogen (secondary N) is 1. The second kappa shape index (κ2) is 9.36. The fourth-order valence-electron chi connectivity index (χ4n) is 3.60. The van der Waals surface area contributed by atoms with Crippen molar-refractivity contribution >= 4 is 17.6 Å². The Morgan fingerprint density at radius 1 is 1.30 bits per heavy atom. The van der Waals surface area contributed by atoms with Crippen molar-refractivity contribution in [2.45, 2.75) is 32.3 Å². The standard InChI is InChI=1S/C22H26ClNO3/c1-2-27-22(26)19-9-8-16-10-15(6-7-17(16)11-19)13-24-14-21(25)18-4-3-5-20(23)12-18/h3-5,8-9,11-12,15,21,24-25H,2,6-7,10,13-14H2,1H3. The minimum atomic E-state index is -0.563. The first-order valence-corrected chi connectivity index (χ1v) is 9.87. The lowest BCUT2D eigenvalue weighted by Gasteiger charge is -2.26. The Kier molecular flexibility index (Phi) is 6.89. The van der Waals surface area contributed by atoms with Crippen LogP contribution in [0.3, 0.4) is 0 Å². The summed E-state index contributed by atoms with van der Waals surface area (Å²) in [6.07, 6.45) is 2.45. The molecule has 3 rings (SSSR count). The molecule has 0 bridgehead atoms. The number of esters is 1. The van der Waals surface area contributed by atoms with Crippen molar-refractivity contribution in [3.05, 3.63) is 69.7 Å². The second-order valence-electron chi connectivity index (χ2n) is 7.04. The van der Waals surface area contributed by atoms with Gasteiger partial charge in [-0.05, 0) is 79.6 Å². The number of aliphatic hydroxyl groups excluding tert-OH is 1. The molecule has 144 valence electrons. The van der Waals surface area contributed by atoms with Gasteiger partial charge in [-0.2, -0.15) is 0 Å². The lowest BCUT2D eigenvalue weighted by molar-refractivity contribution is 0.0526. The van der Waals surface area contributed by atoms with Gasteiger partial charge in [0.1, 0.15) is 0 Å². The number of hydrogen-bond donors (Lipinski definition) is 2. The van der Waals surface area contributed by atoms with E-state index in [0.29, 0.717) is 29.7 Å². The molecule has 0 aliphatic heterocycles. The van der Waals surface area contributed by atoms with Gasteiger partial charge in [0.05, 0.1) is 18.3 Å². The number of aliphatic hydroxyl groups is 1. The van der Waals surface area contributed by atoms with E-state index >= 15 is 0 Å². The van der Waals surface area contributed by atoms with Gasteiger partial charge in [-0.25, -0.2) is 4.79 Å². The van der Waals surface area contributed by atoms with E-state index in [1.54, 1.807) is 12.1 Å². The Bertz CT molecular complexity index is 793. The molecule has 2 aromatic carbocycles. The number of ether oxygens (including phenoxy) is 1. The first-order valence-electron chi connectivity index (χ1n) is 9.50. The van der Waals surface area contributed by atoms with E-state index in [1.807, 2.05) is 31.2 Å². The van der Waals surface area contributed by atoms with Crippen molar-refractivity contribution in [2.24, 2.45) is 5.92 Å². The third kappa shape index (κ3) is 5.32. The van der Waals surface area contributed by atoms with Gasteiger partial charge in [-0.15, -0.1) is 0 Å². The molecule has 2 N–H and O–H groups in total. The van der Waals surface area contributed by atoms with Gasteiger partial charge in [-0.1, -0.05) is 29.8 Å². The minimum Gasteiger partial charge on any atom is -0.462 e. The van der Waals surface area contributed by atoms with E-state index in [1.165, 1.54) is 11.1 Å². The summed E-state index contributed by atoms with van der Waals surface area (Å²) in [6, 6.07) is 13.2. The summed E-state index contributed by atoms with van der Waals surface area (Å²) >= 11 is 5.98. The monoisotopic (exact) mass is 387 g/mol. The molecule has 4 nitrogen and oxygen atoms in total. The van der Waals surface area contributed by atoms with Gasteiger partial charge >= 0.3 is 5.97 Å². The van der Waals surface area contributed by atoms with Crippen LogP contribution in [0.2, 0.25) is 5.02 Å². The van der Waals surface area contributed by atoms with Crippen molar-refractivity contribution in [2.75, 3.05) is 19.7 Å². The molecule has 2 aromatic rings. The van der Waals surface area contributed by atoms with E-state index in [4.69, 9.17) is 16.3 Å². The zero-order chi connectivity index (χ0) is 19.2. The second-order valence-corrected chi connectivity index (χ2v) is 7.48. The smallest absolute Gasteiger partial charge is 0.338 e. The molecule has 2 atom stereocenters. The molecule has 0 heterocycles. The Labute approximate surface area is 165 Å². The third-order valence-electron chi connectivity index (χ3n) is 5.05. The van der Waals surface area contributed by atoms with Crippen LogP contribution in [0.1, 0.15) is 46.5 Å². The maximum Gasteiger partial charge on any atom is 0.338 e. The van der Waals surface area contributed by atoms with Gasteiger partial charge in [0.2, 0.25) is 0 Å². The molecule has 0 saturated heterocycles. The summed E-state index contributed by atoms with van der Waals surface area (Å²) in [5.74, 6) is 0.275.